The summed E-state index contributed by atoms with van der Waals surface area (Å²) >= 11 is 7.78. The number of rotatable bonds is 5. The fourth-order valence-electron chi connectivity index (χ4n) is 6.36. The third-order valence-electron chi connectivity index (χ3n) is 8.16. The van der Waals surface area contributed by atoms with Gasteiger partial charge in [-0.15, -0.1) is 0 Å². The predicted molar refractivity (Wildman–Crippen MR) is 202 cm³/mol. The molecular weight excluding hydrogens is 761 g/mol. The van der Waals surface area contributed by atoms with E-state index in [2.05, 4.69) is 93.7 Å². The molecule has 7 heteroatoms. The van der Waals surface area contributed by atoms with Crippen molar-refractivity contribution in [2.24, 2.45) is 0 Å². The molecule has 0 fully saturated rings. The SMILES string of the molecule is Cc1cc(C)c(-c2cccc(-c3c(C)cc(C)cc3C)c2[S-])c(C)c1.Fc1ccc(P(c2ccc(F)cc2)c2ccc(F)cc2)cc1.[Cl][Ru+]. The molecule has 49 heavy (non-hydrogen) atoms. The van der Waals surface area contributed by atoms with Crippen molar-refractivity contribution in [3.05, 3.63) is 166 Å². The normalized spacial score (nSPS) is 10.6. The molecule has 0 nitrogen and oxygen atoms in total. The molecule has 0 spiro atoms. The van der Waals surface area contributed by atoms with Gasteiger partial charge >= 0.3 is 27.0 Å². The van der Waals surface area contributed by atoms with E-state index in [1.807, 2.05) is 17.3 Å². The van der Waals surface area contributed by atoms with Crippen molar-refractivity contribution in [3.63, 3.8) is 0 Å². The van der Waals surface area contributed by atoms with Crippen LogP contribution in [0.2, 0.25) is 0 Å². The van der Waals surface area contributed by atoms with E-state index in [4.69, 9.17) is 12.6 Å². The number of halogens is 4. The Balaban J connectivity index is 0.000000212. The molecule has 6 rings (SSSR count). The first-order chi connectivity index (χ1) is 23.4. The van der Waals surface area contributed by atoms with Gasteiger partial charge < -0.3 is 12.6 Å². The van der Waals surface area contributed by atoms with E-state index >= 15 is 0 Å². The van der Waals surface area contributed by atoms with Crippen LogP contribution in [0.15, 0.2) is 120 Å². The Labute approximate surface area is 309 Å². The first-order valence-electron chi connectivity index (χ1n) is 15.6. The van der Waals surface area contributed by atoms with Gasteiger partial charge in [0.1, 0.15) is 17.5 Å². The number of hydrogen-bond acceptors (Lipinski definition) is 1. The molecule has 0 N–H and O–H groups in total. The van der Waals surface area contributed by atoms with E-state index in [9.17, 15) is 13.2 Å². The zero-order chi connectivity index (χ0) is 35.8. The molecule has 0 aromatic heterocycles. The van der Waals surface area contributed by atoms with E-state index in [0.29, 0.717) is 0 Å². The van der Waals surface area contributed by atoms with Crippen molar-refractivity contribution in [3.8, 4) is 22.3 Å². The molecule has 0 saturated heterocycles. The summed E-state index contributed by atoms with van der Waals surface area (Å²) < 4.78 is 39.5. The second-order valence-corrected chi connectivity index (χ2v) is 14.6. The molecule has 0 aliphatic rings. The molecule has 0 bridgehead atoms. The third kappa shape index (κ3) is 9.47. The van der Waals surface area contributed by atoms with Crippen LogP contribution in [-0.2, 0) is 29.9 Å². The summed E-state index contributed by atoms with van der Waals surface area (Å²) in [5.74, 6) is -0.925. The van der Waals surface area contributed by atoms with Crippen molar-refractivity contribution in [1.29, 1.82) is 0 Å². The zero-order valence-electron chi connectivity index (χ0n) is 28.2. The second kappa shape index (κ2) is 17.6. The van der Waals surface area contributed by atoms with Crippen LogP contribution >= 0.6 is 17.6 Å². The first-order valence-corrected chi connectivity index (χ1v) is 19.6. The van der Waals surface area contributed by atoms with Crippen molar-refractivity contribution < 1.29 is 30.5 Å². The third-order valence-corrected chi connectivity index (χ3v) is 11.0. The Morgan fingerprint density at radius 3 is 1.00 bits per heavy atom. The Kier molecular flexibility index (Phi) is 13.8. The van der Waals surface area contributed by atoms with Crippen LogP contribution in [0.4, 0.5) is 13.2 Å². The Morgan fingerprint density at radius 1 is 0.469 bits per heavy atom. The average molecular weight is 798 g/mol. The van der Waals surface area contributed by atoms with E-state index < -0.39 is 7.92 Å². The van der Waals surface area contributed by atoms with Crippen LogP contribution < -0.4 is 15.9 Å². The molecule has 0 heterocycles. The van der Waals surface area contributed by atoms with Crippen LogP contribution in [0.1, 0.15) is 33.4 Å². The summed E-state index contributed by atoms with van der Waals surface area (Å²) in [6.07, 6.45) is 0. The predicted octanol–water partition coefficient (Wildman–Crippen LogP) is 11.3. The van der Waals surface area contributed by atoms with Crippen LogP contribution in [0.25, 0.3) is 22.3 Å². The summed E-state index contributed by atoms with van der Waals surface area (Å²) in [4.78, 5) is 0.951. The molecular formula is C42H37ClF3PRuS. The number of aryl methyl sites for hydroxylation is 6. The molecule has 6 aromatic rings. The van der Waals surface area contributed by atoms with Gasteiger partial charge in [-0.2, -0.15) is 4.90 Å². The van der Waals surface area contributed by atoms with Gasteiger partial charge in [-0.1, -0.05) is 90.0 Å². The molecule has 0 unspecified atom stereocenters. The van der Waals surface area contributed by atoms with E-state index in [1.165, 1.54) is 92.0 Å². The molecule has 0 saturated carbocycles. The maximum atomic E-state index is 13.2. The first kappa shape index (κ1) is 38.5. The molecule has 0 atom stereocenters. The number of benzene rings is 6. The van der Waals surface area contributed by atoms with Gasteiger partial charge in [-0.25, -0.2) is 13.2 Å². The van der Waals surface area contributed by atoms with Crippen LogP contribution in [0.3, 0.4) is 0 Å². The number of hydrogen-bond donors (Lipinski definition) is 0. The quantitative estimate of drug-likeness (QED) is 0.0951. The second-order valence-electron chi connectivity index (χ2n) is 12.0. The van der Waals surface area contributed by atoms with Gasteiger partial charge in [0.15, 0.2) is 0 Å². The van der Waals surface area contributed by atoms with E-state index in [-0.39, 0.29) is 17.5 Å². The fourth-order valence-corrected chi connectivity index (χ4v) is 8.93. The summed E-state index contributed by atoms with van der Waals surface area (Å²) in [5, 5.41) is 2.78. The van der Waals surface area contributed by atoms with Gasteiger partial charge in [0.05, 0.1) is 0 Å². The monoisotopic (exact) mass is 798 g/mol. The van der Waals surface area contributed by atoms with Crippen molar-refractivity contribution in [2.45, 2.75) is 46.4 Å². The van der Waals surface area contributed by atoms with Gasteiger partial charge in [-0.3, -0.25) is 0 Å². The van der Waals surface area contributed by atoms with Crippen molar-refractivity contribution in [2.75, 3.05) is 0 Å². The summed E-state index contributed by atoms with van der Waals surface area (Å²) in [7, 11) is 3.59. The van der Waals surface area contributed by atoms with E-state index in [1.54, 1.807) is 36.4 Å². The molecule has 252 valence electrons. The van der Waals surface area contributed by atoms with E-state index in [0.717, 1.165) is 20.8 Å². The van der Waals surface area contributed by atoms with Crippen LogP contribution in [0, 0.1) is 59.0 Å². The minimum atomic E-state index is -0.983. The standard InChI is InChI=1S/C24H26S.C18H12F3P.ClH.Ru/c1-14-10-16(3)22(17(4)11-14)20-8-7-9-21(24(20)25)23-18(5)12-15(2)13-19(23)6;19-13-1-7-16(8-2-13)22(17-9-3-14(20)4-10-17)18-11-5-15(21)6-12-18;;/h7-13,25H,1-6H3;1-12H;1H;/q;;;+2/p-2. The molecule has 0 amide bonds. The molecule has 0 aliphatic carbocycles. The summed E-state index contributed by atoms with van der Waals surface area (Å²) in [6, 6.07) is 34.1. The van der Waals surface area contributed by atoms with Gasteiger partial charge in [-0.05, 0) is 146 Å². The van der Waals surface area contributed by atoms with Gasteiger partial charge in [0.25, 0.3) is 0 Å². The topological polar surface area (TPSA) is 0 Å². The zero-order valence-corrected chi connectivity index (χ0v) is 32.4. The molecule has 0 aliphatic heterocycles. The molecule has 0 radical (unpaired) electrons. The Bertz CT molecular complexity index is 1800. The minimum absolute atomic E-state index is 0.308. The van der Waals surface area contributed by atoms with Gasteiger partial charge in [0.2, 0.25) is 0 Å². The van der Waals surface area contributed by atoms with Crippen LogP contribution in [0.5, 0.6) is 0 Å². The fraction of sp³-hybridized carbons (Fsp3) is 0.143. The van der Waals surface area contributed by atoms with Gasteiger partial charge in [0, 0.05) is 0 Å². The molecule has 6 aromatic carbocycles. The summed E-state index contributed by atoms with van der Waals surface area (Å²) in [5.41, 5.74) is 12.6. The van der Waals surface area contributed by atoms with Crippen molar-refractivity contribution in [1.82, 2.24) is 0 Å². The van der Waals surface area contributed by atoms with Crippen LogP contribution in [-0.4, -0.2) is 0 Å². The average Bonchev–Trinajstić information content (AvgIpc) is 3.06. The maximum absolute atomic E-state index is 13.2. The Hall–Kier alpha value is -3.33. The Morgan fingerprint density at radius 2 is 0.735 bits per heavy atom. The summed E-state index contributed by atoms with van der Waals surface area (Å²) in [6.45, 7) is 13.0. The van der Waals surface area contributed by atoms with Crippen molar-refractivity contribution >= 4 is 46.2 Å².